The zero-order valence-corrected chi connectivity index (χ0v) is 20.1. The quantitative estimate of drug-likeness (QED) is 0.323. The number of terminal acetylenes is 1. The van der Waals surface area contributed by atoms with Gasteiger partial charge in [0.15, 0.2) is 0 Å². The van der Waals surface area contributed by atoms with E-state index in [1.165, 1.54) is 15.4 Å². The van der Waals surface area contributed by atoms with Gasteiger partial charge >= 0.3 is 11.9 Å². The molecule has 0 aromatic heterocycles. The first-order valence-corrected chi connectivity index (χ1v) is 11.7. The van der Waals surface area contributed by atoms with Crippen LogP contribution in [0.1, 0.15) is 5.56 Å². The van der Waals surface area contributed by atoms with E-state index in [9.17, 15) is 0 Å². The molecule has 1 fully saturated rings. The van der Waals surface area contributed by atoms with E-state index in [2.05, 4.69) is 71.2 Å². The van der Waals surface area contributed by atoms with Gasteiger partial charge in [0.1, 0.15) is 5.84 Å². The number of para-hydroxylation sites is 1. The Morgan fingerprint density at radius 2 is 1.51 bits per heavy atom. The Hall–Kier alpha value is -3.36. The fourth-order valence-electron chi connectivity index (χ4n) is 3.45. The first-order chi connectivity index (χ1) is 17.0. The van der Waals surface area contributed by atoms with E-state index in [1.807, 2.05) is 0 Å². The minimum atomic E-state index is -1.82. The number of benzene rings is 2. The monoisotopic (exact) mass is 499 g/mol. The summed E-state index contributed by atoms with van der Waals surface area (Å²) in [6.07, 6.45) is 8.00. The van der Waals surface area contributed by atoms with Crippen LogP contribution in [0.25, 0.3) is 0 Å². The van der Waals surface area contributed by atoms with Crippen molar-refractivity contribution in [3.63, 3.8) is 0 Å². The van der Waals surface area contributed by atoms with Gasteiger partial charge in [0.05, 0.1) is 25.5 Å². The van der Waals surface area contributed by atoms with Gasteiger partial charge in [-0.25, -0.2) is 14.6 Å². The highest BCUT2D eigenvalue weighted by Gasteiger charge is 2.24. The molecule has 0 unspecified atom stereocenters. The largest absolute Gasteiger partial charge is 0.473 e. The third kappa shape index (κ3) is 8.42. The number of aliphatic carboxylic acids is 2. The summed E-state index contributed by atoms with van der Waals surface area (Å²) in [7, 11) is 0. The highest BCUT2D eigenvalue weighted by atomic mass is 32.2. The molecule has 2 aromatic rings. The van der Waals surface area contributed by atoms with Crippen LogP contribution in [0, 0.1) is 12.8 Å². The van der Waals surface area contributed by atoms with Crippen LogP contribution in [0.3, 0.4) is 0 Å². The summed E-state index contributed by atoms with van der Waals surface area (Å²) < 4.78 is 5.40. The number of amidine groups is 1. The van der Waals surface area contributed by atoms with Gasteiger partial charge in [-0.15, -0.1) is 12.8 Å². The van der Waals surface area contributed by atoms with Gasteiger partial charge in [0.2, 0.25) is 0 Å². The molecule has 0 spiro atoms. The number of nitrogens with zero attached hydrogens (tertiary/aromatic N) is 3. The Bertz CT molecular complexity index is 1020. The number of aliphatic hydroxyl groups is 1. The molecule has 0 aliphatic carbocycles. The molecule has 35 heavy (non-hydrogen) atoms. The average Bonchev–Trinajstić information content (AvgIpc) is 3.05. The summed E-state index contributed by atoms with van der Waals surface area (Å²) >= 11 is 1.80. The number of ether oxygens (including phenoxy) is 1. The Morgan fingerprint density at radius 1 is 0.914 bits per heavy atom. The van der Waals surface area contributed by atoms with Crippen LogP contribution in [0.5, 0.6) is 0 Å². The smallest absolute Gasteiger partial charge is 0.414 e. The first-order valence-electron chi connectivity index (χ1n) is 10.9. The van der Waals surface area contributed by atoms with Gasteiger partial charge in [0, 0.05) is 48.1 Å². The zero-order valence-electron chi connectivity index (χ0n) is 19.2. The van der Waals surface area contributed by atoms with Crippen molar-refractivity contribution in [3.8, 4) is 12.8 Å². The molecule has 2 aliphatic rings. The molecule has 0 radical (unpaired) electrons. The lowest BCUT2D eigenvalue weighted by molar-refractivity contribution is -0.159. The number of piperazine rings is 1. The lowest BCUT2D eigenvalue weighted by Gasteiger charge is -2.36. The highest BCUT2D eigenvalue weighted by molar-refractivity contribution is 7.99. The standard InChI is InChI=1S/C21H25N3O2S.C2H2O4.C2H2/c25-14-16-26-15-13-23-9-11-24(12-10-23)21-17-5-1-3-7-19(17)27-20-8-4-2-6-18(20)22-21;3-1(4)2(5)6;1-2/h1-8,25H,9-16H2;(H,3,4)(H,5,6);1-2H. The molecule has 9 nitrogen and oxygen atoms in total. The maximum atomic E-state index is 9.10. The second kappa shape index (κ2) is 14.8. The van der Waals surface area contributed by atoms with Crippen molar-refractivity contribution in [1.29, 1.82) is 0 Å². The molecule has 186 valence electrons. The summed E-state index contributed by atoms with van der Waals surface area (Å²) in [5.74, 6) is -2.57. The summed E-state index contributed by atoms with van der Waals surface area (Å²) in [6, 6.07) is 16.9. The van der Waals surface area contributed by atoms with Crippen molar-refractivity contribution in [2.75, 3.05) is 52.5 Å². The molecule has 3 N–H and O–H groups in total. The topological polar surface area (TPSA) is 123 Å². The Morgan fingerprint density at radius 3 is 2.14 bits per heavy atom. The van der Waals surface area contributed by atoms with Gasteiger partial charge in [-0.1, -0.05) is 42.1 Å². The summed E-state index contributed by atoms with van der Waals surface area (Å²) in [4.78, 5) is 30.6. The molecule has 2 aliphatic heterocycles. The third-order valence-electron chi connectivity index (χ3n) is 5.08. The van der Waals surface area contributed by atoms with E-state index in [0.29, 0.717) is 13.2 Å². The van der Waals surface area contributed by atoms with E-state index in [-0.39, 0.29) is 6.61 Å². The van der Waals surface area contributed by atoms with E-state index in [1.54, 1.807) is 11.8 Å². The van der Waals surface area contributed by atoms with E-state index in [4.69, 9.17) is 34.6 Å². The number of aliphatic imine (C=N–C) groups is 1. The molecule has 10 heteroatoms. The molecular formula is C25H29N3O6S. The molecule has 0 saturated carbocycles. The Labute approximate surface area is 209 Å². The fraction of sp³-hybridized carbons (Fsp3) is 0.320. The van der Waals surface area contributed by atoms with Crippen LogP contribution in [-0.4, -0.2) is 95.4 Å². The second-order valence-electron chi connectivity index (χ2n) is 7.28. The Kier molecular flexibility index (Phi) is 11.8. The Balaban J connectivity index is 0.000000474. The van der Waals surface area contributed by atoms with Gasteiger partial charge in [-0.05, 0) is 18.2 Å². The lowest BCUT2D eigenvalue weighted by atomic mass is 10.1. The maximum absolute atomic E-state index is 9.10. The SMILES string of the molecule is C#C.O=C(O)C(=O)O.OCCOCCN1CCN(C2=Nc3ccccc3Sc3ccccc32)CC1. The van der Waals surface area contributed by atoms with Gasteiger partial charge < -0.3 is 25.0 Å². The van der Waals surface area contributed by atoms with Crippen molar-refractivity contribution in [3.05, 3.63) is 54.1 Å². The fourth-order valence-corrected chi connectivity index (χ4v) is 4.47. The minimum absolute atomic E-state index is 0.0898. The molecule has 1 saturated heterocycles. The highest BCUT2D eigenvalue weighted by Crippen LogP contribution is 2.40. The molecule has 0 bridgehead atoms. The number of rotatable bonds is 5. The summed E-state index contributed by atoms with van der Waals surface area (Å²) in [5.41, 5.74) is 2.27. The normalized spacial score (nSPS) is 14.5. The first kappa shape index (κ1) is 27.9. The van der Waals surface area contributed by atoms with Crippen LogP contribution < -0.4 is 0 Å². The number of carboxylic acids is 2. The third-order valence-corrected chi connectivity index (χ3v) is 6.22. The van der Waals surface area contributed by atoms with Gasteiger partial charge in [0.25, 0.3) is 0 Å². The molecule has 0 amide bonds. The van der Waals surface area contributed by atoms with Crippen LogP contribution in [0.15, 0.2) is 63.3 Å². The van der Waals surface area contributed by atoms with Crippen molar-refractivity contribution >= 4 is 35.2 Å². The molecule has 0 atom stereocenters. The molecular weight excluding hydrogens is 470 g/mol. The maximum Gasteiger partial charge on any atom is 0.414 e. The predicted octanol–water partition coefficient (Wildman–Crippen LogP) is 2.26. The van der Waals surface area contributed by atoms with Gasteiger partial charge in [-0.3, -0.25) is 4.90 Å². The second-order valence-corrected chi connectivity index (χ2v) is 8.36. The minimum Gasteiger partial charge on any atom is -0.473 e. The lowest BCUT2D eigenvalue weighted by Crippen LogP contribution is -2.49. The summed E-state index contributed by atoms with van der Waals surface area (Å²) in [5, 5.41) is 23.6. The van der Waals surface area contributed by atoms with E-state index < -0.39 is 11.9 Å². The number of hydrogen-bond donors (Lipinski definition) is 3. The van der Waals surface area contributed by atoms with Crippen LogP contribution >= 0.6 is 11.8 Å². The molecule has 2 heterocycles. The number of fused-ring (bicyclic) bond motifs is 2. The number of hydrogen-bond acceptors (Lipinski definition) is 8. The van der Waals surface area contributed by atoms with Crippen molar-refractivity contribution < 1.29 is 29.6 Å². The van der Waals surface area contributed by atoms with E-state index in [0.717, 1.165) is 44.2 Å². The van der Waals surface area contributed by atoms with Gasteiger partial charge in [-0.2, -0.15) is 0 Å². The molecule has 2 aromatic carbocycles. The number of aliphatic hydroxyl groups excluding tert-OH is 1. The van der Waals surface area contributed by atoms with Crippen LogP contribution in [0.4, 0.5) is 5.69 Å². The van der Waals surface area contributed by atoms with Crippen LogP contribution in [0.2, 0.25) is 0 Å². The van der Waals surface area contributed by atoms with Crippen LogP contribution in [-0.2, 0) is 14.3 Å². The predicted molar refractivity (Wildman–Crippen MR) is 134 cm³/mol. The van der Waals surface area contributed by atoms with E-state index >= 15 is 0 Å². The molecule has 4 rings (SSSR count). The van der Waals surface area contributed by atoms with Crippen molar-refractivity contribution in [2.24, 2.45) is 4.99 Å². The average molecular weight is 500 g/mol. The zero-order chi connectivity index (χ0) is 25.6. The number of carboxylic acid groups (broad SMARTS) is 2. The van der Waals surface area contributed by atoms with Crippen molar-refractivity contribution in [2.45, 2.75) is 9.79 Å². The number of carbonyl (C=O) groups is 2. The summed E-state index contributed by atoms with van der Waals surface area (Å²) in [6.45, 7) is 6.01. The van der Waals surface area contributed by atoms with Crippen molar-refractivity contribution in [1.82, 2.24) is 9.80 Å².